The normalized spacial score (nSPS) is 29.8. The lowest BCUT2D eigenvalue weighted by atomic mass is 10.1. The summed E-state index contributed by atoms with van der Waals surface area (Å²) in [5, 5.41) is 6.56. The monoisotopic (exact) mass is 314 g/mol. The predicted molar refractivity (Wildman–Crippen MR) is 91.6 cm³/mol. The van der Waals surface area contributed by atoms with Crippen LogP contribution in [0.25, 0.3) is 0 Å². The lowest BCUT2D eigenvalue weighted by molar-refractivity contribution is -0.121. The van der Waals surface area contributed by atoms with E-state index in [0.717, 1.165) is 57.8 Å². The average Bonchev–Trinajstić information content (AvgIpc) is 3.00. The highest BCUT2D eigenvalue weighted by Crippen LogP contribution is 2.26. The molecule has 2 unspecified atom stereocenters. The molecule has 2 fully saturated rings. The van der Waals surface area contributed by atoms with Crippen molar-refractivity contribution >= 4 is 11.6 Å². The Morgan fingerprint density at radius 2 is 1.83 bits per heavy atom. The zero-order valence-electron chi connectivity index (χ0n) is 13.6. The van der Waals surface area contributed by atoms with Gasteiger partial charge in [0.15, 0.2) is 0 Å². The molecule has 1 aromatic rings. The minimum absolute atomic E-state index is 0.0234. The first-order chi connectivity index (χ1) is 11.3. The van der Waals surface area contributed by atoms with Crippen LogP contribution >= 0.6 is 0 Å². The number of nitrogens with one attached hydrogen (secondary N) is 2. The molecular formula is C18H26N4O. The topological polar surface area (TPSA) is 47.6 Å². The van der Waals surface area contributed by atoms with Crippen molar-refractivity contribution in [1.29, 1.82) is 0 Å². The number of hydrogen-bond acceptors (Lipinski definition) is 4. The number of anilines is 1. The number of benzene rings is 1. The summed E-state index contributed by atoms with van der Waals surface area (Å²) >= 11 is 0. The Kier molecular flexibility index (Phi) is 4.33. The number of hydrogen-bond donors (Lipinski definition) is 2. The van der Waals surface area contributed by atoms with E-state index in [1.54, 1.807) is 0 Å². The van der Waals surface area contributed by atoms with Gasteiger partial charge in [0, 0.05) is 51.0 Å². The van der Waals surface area contributed by atoms with Crippen molar-refractivity contribution in [3.8, 4) is 0 Å². The molecule has 0 saturated carbocycles. The Bertz CT molecular complexity index is 570. The maximum atomic E-state index is 12.7. The van der Waals surface area contributed by atoms with E-state index in [-0.39, 0.29) is 11.9 Å². The molecule has 3 aliphatic rings. The molecule has 0 aliphatic carbocycles. The van der Waals surface area contributed by atoms with Crippen LogP contribution in [0.5, 0.6) is 0 Å². The van der Waals surface area contributed by atoms with Crippen LogP contribution < -0.4 is 10.6 Å². The zero-order valence-corrected chi connectivity index (χ0v) is 13.6. The summed E-state index contributed by atoms with van der Waals surface area (Å²) in [6, 6.07) is 8.84. The van der Waals surface area contributed by atoms with E-state index < -0.39 is 0 Å². The summed E-state index contributed by atoms with van der Waals surface area (Å²) in [6.45, 7) is 6.55. The minimum atomic E-state index is 0.0234. The van der Waals surface area contributed by atoms with Gasteiger partial charge in [0.25, 0.3) is 0 Å². The van der Waals surface area contributed by atoms with Gasteiger partial charge in [-0.1, -0.05) is 18.2 Å². The molecular weight excluding hydrogens is 288 g/mol. The highest BCUT2D eigenvalue weighted by atomic mass is 16.2. The summed E-state index contributed by atoms with van der Waals surface area (Å²) in [5.74, 6) is 0.177. The quantitative estimate of drug-likeness (QED) is 0.852. The first kappa shape index (κ1) is 15.1. The van der Waals surface area contributed by atoms with Gasteiger partial charge in [0.1, 0.15) is 0 Å². The Morgan fingerprint density at radius 3 is 2.70 bits per heavy atom. The fourth-order valence-corrected chi connectivity index (χ4v) is 4.24. The van der Waals surface area contributed by atoms with Crippen LogP contribution in [0, 0.1) is 0 Å². The Labute approximate surface area is 138 Å². The number of likely N-dealkylation sites (tertiary alicyclic amines) is 1. The van der Waals surface area contributed by atoms with Crippen LogP contribution in [0.4, 0.5) is 5.69 Å². The molecule has 23 heavy (non-hydrogen) atoms. The molecule has 2 saturated heterocycles. The molecule has 0 bridgehead atoms. The molecule has 124 valence electrons. The van der Waals surface area contributed by atoms with E-state index >= 15 is 0 Å². The molecule has 0 spiro atoms. The van der Waals surface area contributed by atoms with Gasteiger partial charge in [-0.15, -0.1) is 0 Å². The van der Waals surface area contributed by atoms with E-state index in [4.69, 9.17) is 0 Å². The highest BCUT2D eigenvalue weighted by Gasteiger charge is 2.36. The number of carbonyl (C=O) groups excluding carboxylic acids is 1. The fourth-order valence-electron chi connectivity index (χ4n) is 4.24. The molecule has 5 heteroatoms. The van der Waals surface area contributed by atoms with Crippen LogP contribution in [0.1, 0.15) is 18.4 Å². The third-order valence-electron chi connectivity index (χ3n) is 5.57. The number of rotatable bonds is 2. The molecule has 1 aromatic carbocycles. The van der Waals surface area contributed by atoms with Gasteiger partial charge in [-0.05, 0) is 30.9 Å². The lowest BCUT2D eigenvalue weighted by Crippen LogP contribution is -2.50. The second kappa shape index (κ2) is 6.59. The van der Waals surface area contributed by atoms with Gasteiger partial charge in [0.05, 0.1) is 6.04 Å². The molecule has 0 aromatic heterocycles. The van der Waals surface area contributed by atoms with Crippen molar-refractivity contribution in [2.24, 2.45) is 0 Å². The van der Waals surface area contributed by atoms with E-state index in [2.05, 4.69) is 32.6 Å². The van der Waals surface area contributed by atoms with Gasteiger partial charge in [-0.25, -0.2) is 0 Å². The van der Waals surface area contributed by atoms with Gasteiger partial charge in [-0.3, -0.25) is 14.6 Å². The lowest BCUT2D eigenvalue weighted by Gasteiger charge is -2.33. The Morgan fingerprint density at radius 1 is 1.00 bits per heavy atom. The maximum absolute atomic E-state index is 12.7. The number of piperazine rings is 1. The first-order valence-corrected chi connectivity index (χ1v) is 8.89. The maximum Gasteiger partial charge on any atom is 0.241 e. The molecule has 2 N–H and O–H groups in total. The summed E-state index contributed by atoms with van der Waals surface area (Å²) in [6.07, 6.45) is 3.10. The molecule has 1 amide bonds. The third-order valence-corrected chi connectivity index (χ3v) is 5.57. The van der Waals surface area contributed by atoms with Crippen LogP contribution in [-0.4, -0.2) is 67.1 Å². The predicted octanol–water partition coefficient (Wildman–Crippen LogP) is 0.919. The van der Waals surface area contributed by atoms with Gasteiger partial charge in [-0.2, -0.15) is 0 Å². The molecule has 3 aliphatic heterocycles. The van der Waals surface area contributed by atoms with Crippen LogP contribution in [0.2, 0.25) is 0 Å². The number of fused-ring (bicyclic) bond motifs is 1. The van der Waals surface area contributed by atoms with E-state index in [1.807, 2.05) is 12.1 Å². The summed E-state index contributed by atoms with van der Waals surface area (Å²) in [4.78, 5) is 17.7. The average molecular weight is 314 g/mol. The zero-order chi connectivity index (χ0) is 15.6. The van der Waals surface area contributed by atoms with Crippen molar-refractivity contribution in [3.63, 3.8) is 0 Å². The molecule has 2 atom stereocenters. The van der Waals surface area contributed by atoms with Crippen LogP contribution in [0.3, 0.4) is 0 Å². The number of amides is 1. The van der Waals surface area contributed by atoms with Crippen molar-refractivity contribution in [1.82, 2.24) is 15.1 Å². The highest BCUT2D eigenvalue weighted by molar-refractivity contribution is 5.96. The molecule has 5 nitrogen and oxygen atoms in total. The molecule has 3 heterocycles. The second-order valence-electron chi connectivity index (χ2n) is 6.92. The van der Waals surface area contributed by atoms with Crippen molar-refractivity contribution in [3.05, 3.63) is 29.8 Å². The smallest absolute Gasteiger partial charge is 0.241 e. The summed E-state index contributed by atoms with van der Waals surface area (Å²) < 4.78 is 0. The SMILES string of the molecule is O=C1Nc2ccccc2CCC1N1CCC(N2CCNCC2)C1. The Balaban J connectivity index is 1.42. The summed E-state index contributed by atoms with van der Waals surface area (Å²) in [7, 11) is 0. The van der Waals surface area contributed by atoms with Gasteiger partial charge in [0.2, 0.25) is 5.91 Å². The fraction of sp³-hybridized carbons (Fsp3) is 0.611. The third kappa shape index (κ3) is 3.13. The number of aryl methyl sites for hydroxylation is 1. The van der Waals surface area contributed by atoms with Crippen molar-refractivity contribution in [2.75, 3.05) is 44.6 Å². The minimum Gasteiger partial charge on any atom is -0.324 e. The molecule has 0 radical (unpaired) electrons. The van der Waals surface area contributed by atoms with Gasteiger partial charge < -0.3 is 10.6 Å². The van der Waals surface area contributed by atoms with E-state index in [0.29, 0.717) is 6.04 Å². The van der Waals surface area contributed by atoms with Crippen LogP contribution in [-0.2, 0) is 11.2 Å². The number of nitrogens with zero attached hydrogens (tertiary/aromatic N) is 2. The largest absolute Gasteiger partial charge is 0.324 e. The van der Waals surface area contributed by atoms with Gasteiger partial charge >= 0.3 is 0 Å². The second-order valence-corrected chi connectivity index (χ2v) is 6.92. The Hall–Kier alpha value is -1.43. The van der Waals surface area contributed by atoms with Crippen molar-refractivity contribution in [2.45, 2.75) is 31.3 Å². The molecule has 4 rings (SSSR count). The van der Waals surface area contributed by atoms with E-state index in [9.17, 15) is 4.79 Å². The first-order valence-electron chi connectivity index (χ1n) is 8.89. The number of para-hydroxylation sites is 1. The van der Waals surface area contributed by atoms with E-state index in [1.165, 1.54) is 12.0 Å². The summed E-state index contributed by atoms with van der Waals surface area (Å²) in [5.41, 5.74) is 2.26. The van der Waals surface area contributed by atoms with Crippen LogP contribution in [0.15, 0.2) is 24.3 Å². The standard InChI is InChI=1S/C18H26N4O/c23-18-17(6-5-14-3-1-2-4-16(14)20-18)22-10-7-15(13-22)21-11-8-19-9-12-21/h1-4,15,17,19H,5-13H2,(H,20,23). The van der Waals surface area contributed by atoms with Crippen molar-refractivity contribution < 1.29 is 4.79 Å². The number of carbonyl (C=O) groups is 1.